The number of esters is 1. The molecule has 6 heteroatoms. The minimum absolute atomic E-state index is 0.161. The zero-order valence-corrected chi connectivity index (χ0v) is 11.9. The molecule has 0 saturated carbocycles. The SMILES string of the molecule is COC(=O)c1ccc(Cl)c(NC(=O)[C@@H](C)SC)c1. The van der Waals surface area contributed by atoms with E-state index in [1.54, 1.807) is 19.1 Å². The Morgan fingerprint density at radius 2 is 2.11 bits per heavy atom. The predicted octanol–water partition coefficient (Wildman–Crippen LogP) is 2.82. The van der Waals surface area contributed by atoms with Crippen molar-refractivity contribution in [3.63, 3.8) is 0 Å². The number of ether oxygens (including phenoxy) is 1. The molecule has 0 unspecified atom stereocenters. The van der Waals surface area contributed by atoms with Gasteiger partial charge in [-0.2, -0.15) is 11.8 Å². The summed E-state index contributed by atoms with van der Waals surface area (Å²) >= 11 is 7.39. The lowest BCUT2D eigenvalue weighted by atomic mass is 10.2. The zero-order valence-electron chi connectivity index (χ0n) is 10.3. The number of nitrogens with one attached hydrogen (secondary N) is 1. The molecule has 1 amide bonds. The Bertz CT molecular complexity index is 465. The predicted molar refractivity (Wildman–Crippen MR) is 74.4 cm³/mol. The fraction of sp³-hybridized carbons (Fsp3) is 0.333. The van der Waals surface area contributed by atoms with E-state index in [1.807, 2.05) is 6.26 Å². The molecule has 0 radical (unpaired) electrons. The first-order valence-corrected chi connectivity index (χ1v) is 6.87. The van der Waals surface area contributed by atoms with Crippen molar-refractivity contribution < 1.29 is 14.3 Å². The summed E-state index contributed by atoms with van der Waals surface area (Å²) in [4.78, 5) is 23.1. The molecule has 0 heterocycles. The van der Waals surface area contributed by atoms with Crippen LogP contribution in [0.25, 0.3) is 0 Å². The average Bonchev–Trinajstić information content (AvgIpc) is 2.39. The molecule has 98 valence electrons. The first kappa shape index (κ1) is 14.9. The van der Waals surface area contributed by atoms with Crippen LogP contribution in [-0.4, -0.2) is 30.5 Å². The summed E-state index contributed by atoms with van der Waals surface area (Å²) in [6, 6.07) is 4.59. The summed E-state index contributed by atoms with van der Waals surface area (Å²) in [5, 5.41) is 2.87. The van der Waals surface area contributed by atoms with Gasteiger partial charge >= 0.3 is 5.97 Å². The number of amides is 1. The first-order chi connectivity index (χ1) is 8.49. The minimum Gasteiger partial charge on any atom is -0.465 e. The van der Waals surface area contributed by atoms with Gasteiger partial charge in [0.05, 0.1) is 28.6 Å². The second-order valence-corrected chi connectivity index (χ2v) is 5.14. The number of hydrogen-bond donors (Lipinski definition) is 1. The molecule has 0 spiro atoms. The Morgan fingerprint density at radius 1 is 1.44 bits per heavy atom. The molecular weight excluding hydrogens is 274 g/mol. The van der Waals surface area contributed by atoms with Crippen LogP contribution in [0.1, 0.15) is 17.3 Å². The summed E-state index contributed by atoms with van der Waals surface area (Å²) in [7, 11) is 1.30. The fourth-order valence-electron chi connectivity index (χ4n) is 1.21. The van der Waals surface area contributed by atoms with Crippen LogP contribution in [0.2, 0.25) is 5.02 Å². The molecule has 0 aromatic heterocycles. The van der Waals surface area contributed by atoms with Crippen LogP contribution in [0.15, 0.2) is 18.2 Å². The van der Waals surface area contributed by atoms with Crippen LogP contribution in [0, 0.1) is 0 Å². The number of rotatable bonds is 4. The van der Waals surface area contributed by atoms with Crippen molar-refractivity contribution in [2.45, 2.75) is 12.2 Å². The highest BCUT2D eigenvalue weighted by atomic mass is 35.5. The van der Waals surface area contributed by atoms with Crippen molar-refractivity contribution in [3.8, 4) is 0 Å². The van der Waals surface area contributed by atoms with Gasteiger partial charge in [0.25, 0.3) is 0 Å². The number of hydrogen-bond acceptors (Lipinski definition) is 4. The van der Waals surface area contributed by atoms with Gasteiger partial charge in [0.1, 0.15) is 0 Å². The lowest BCUT2D eigenvalue weighted by Crippen LogP contribution is -2.22. The number of benzene rings is 1. The van der Waals surface area contributed by atoms with Gasteiger partial charge in [0.15, 0.2) is 0 Å². The van der Waals surface area contributed by atoms with Crippen LogP contribution in [0.4, 0.5) is 5.69 Å². The average molecular weight is 288 g/mol. The number of methoxy groups -OCH3 is 1. The van der Waals surface area contributed by atoms with Crippen LogP contribution in [-0.2, 0) is 9.53 Å². The van der Waals surface area contributed by atoms with E-state index in [4.69, 9.17) is 11.6 Å². The summed E-state index contributed by atoms with van der Waals surface area (Å²) < 4.78 is 4.61. The Morgan fingerprint density at radius 3 is 2.67 bits per heavy atom. The molecular formula is C12H14ClNO3S. The van der Waals surface area contributed by atoms with Gasteiger partial charge in [0.2, 0.25) is 5.91 Å². The smallest absolute Gasteiger partial charge is 0.337 e. The summed E-state index contributed by atoms with van der Waals surface area (Å²) in [5.41, 5.74) is 0.750. The van der Waals surface area contributed by atoms with Crippen molar-refractivity contribution in [1.29, 1.82) is 0 Å². The lowest BCUT2D eigenvalue weighted by Gasteiger charge is -2.11. The Kier molecular flexibility index (Phi) is 5.50. The molecule has 1 aromatic carbocycles. The maximum Gasteiger partial charge on any atom is 0.337 e. The molecule has 0 aliphatic carbocycles. The van der Waals surface area contributed by atoms with E-state index in [0.29, 0.717) is 16.3 Å². The number of carbonyl (C=O) groups excluding carboxylic acids is 2. The quantitative estimate of drug-likeness (QED) is 0.865. The second kappa shape index (κ2) is 6.66. The van der Waals surface area contributed by atoms with Crippen LogP contribution in [0.5, 0.6) is 0 Å². The molecule has 1 aromatic rings. The molecule has 4 nitrogen and oxygen atoms in total. The molecule has 18 heavy (non-hydrogen) atoms. The molecule has 1 N–H and O–H groups in total. The van der Waals surface area contributed by atoms with E-state index < -0.39 is 5.97 Å². The van der Waals surface area contributed by atoms with Crippen molar-refractivity contribution in [3.05, 3.63) is 28.8 Å². The van der Waals surface area contributed by atoms with Crippen molar-refractivity contribution in [2.24, 2.45) is 0 Å². The third kappa shape index (κ3) is 3.65. The summed E-state index contributed by atoms with van der Waals surface area (Å²) in [6.45, 7) is 1.79. The van der Waals surface area contributed by atoms with Gasteiger partial charge in [0, 0.05) is 0 Å². The maximum atomic E-state index is 11.7. The lowest BCUT2D eigenvalue weighted by molar-refractivity contribution is -0.115. The van der Waals surface area contributed by atoms with Crippen LogP contribution >= 0.6 is 23.4 Å². The van der Waals surface area contributed by atoms with Gasteiger partial charge in [-0.25, -0.2) is 4.79 Å². The van der Waals surface area contributed by atoms with Gasteiger partial charge in [-0.3, -0.25) is 4.79 Å². The Balaban J connectivity index is 2.94. The fourth-order valence-corrected chi connectivity index (χ4v) is 1.65. The Labute approximate surface area is 115 Å². The molecule has 0 fully saturated rings. The zero-order chi connectivity index (χ0) is 13.7. The van der Waals surface area contributed by atoms with Gasteiger partial charge in [-0.05, 0) is 31.4 Å². The first-order valence-electron chi connectivity index (χ1n) is 5.21. The van der Waals surface area contributed by atoms with Crippen LogP contribution < -0.4 is 5.32 Å². The number of carbonyl (C=O) groups is 2. The highest BCUT2D eigenvalue weighted by molar-refractivity contribution is 7.99. The normalized spacial score (nSPS) is 11.8. The van der Waals surface area contributed by atoms with E-state index in [2.05, 4.69) is 10.1 Å². The molecule has 0 aliphatic heterocycles. The monoisotopic (exact) mass is 287 g/mol. The largest absolute Gasteiger partial charge is 0.465 e. The minimum atomic E-state index is -0.472. The molecule has 1 rings (SSSR count). The van der Waals surface area contributed by atoms with Gasteiger partial charge in [-0.15, -0.1) is 0 Å². The van der Waals surface area contributed by atoms with E-state index in [-0.39, 0.29) is 11.2 Å². The molecule has 0 aliphatic rings. The van der Waals surface area contributed by atoms with E-state index >= 15 is 0 Å². The van der Waals surface area contributed by atoms with E-state index in [0.717, 1.165) is 0 Å². The highest BCUT2D eigenvalue weighted by Gasteiger charge is 2.14. The van der Waals surface area contributed by atoms with Gasteiger partial charge < -0.3 is 10.1 Å². The molecule has 1 atom stereocenters. The number of halogens is 1. The standard InChI is InChI=1S/C12H14ClNO3S/c1-7(18-3)11(15)14-10-6-8(12(16)17-2)4-5-9(10)13/h4-7H,1-3H3,(H,14,15)/t7-/m1/s1. The summed E-state index contributed by atoms with van der Waals surface area (Å²) in [6.07, 6.45) is 1.84. The topological polar surface area (TPSA) is 55.4 Å². The third-order valence-corrected chi connectivity index (χ3v) is 3.62. The van der Waals surface area contributed by atoms with E-state index in [1.165, 1.54) is 24.9 Å². The van der Waals surface area contributed by atoms with Crippen molar-refractivity contribution in [2.75, 3.05) is 18.7 Å². The highest BCUT2D eigenvalue weighted by Crippen LogP contribution is 2.24. The number of thioether (sulfide) groups is 1. The van der Waals surface area contributed by atoms with Crippen molar-refractivity contribution >= 4 is 40.9 Å². The molecule has 0 bridgehead atoms. The second-order valence-electron chi connectivity index (χ2n) is 3.55. The number of anilines is 1. The Hall–Kier alpha value is -1.20. The molecule has 0 saturated heterocycles. The van der Waals surface area contributed by atoms with Crippen molar-refractivity contribution in [1.82, 2.24) is 0 Å². The maximum absolute atomic E-state index is 11.7. The van der Waals surface area contributed by atoms with Gasteiger partial charge in [-0.1, -0.05) is 11.6 Å². The third-order valence-electron chi connectivity index (χ3n) is 2.37. The summed E-state index contributed by atoms with van der Waals surface area (Å²) in [5.74, 6) is -0.633. The van der Waals surface area contributed by atoms with Crippen LogP contribution in [0.3, 0.4) is 0 Å². The van der Waals surface area contributed by atoms with E-state index in [9.17, 15) is 9.59 Å².